The Labute approximate surface area is 105 Å². The van der Waals surface area contributed by atoms with E-state index in [2.05, 4.69) is 0 Å². The van der Waals surface area contributed by atoms with E-state index in [4.69, 9.17) is 5.11 Å². The molecule has 0 bridgehead atoms. The molecule has 98 valence electrons. The summed E-state index contributed by atoms with van der Waals surface area (Å²) in [5, 5.41) is 27.8. The normalized spacial score (nSPS) is 24.3. The van der Waals surface area contributed by atoms with Gasteiger partial charge in [0.05, 0.1) is 5.41 Å². The minimum absolute atomic E-state index is 0.143. The number of aliphatic carboxylic acids is 1. The fourth-order valence-corrected chi connectivity index (χ4v) is 2.29. The molecule has 0 amide bonds. The van der Waals surface area contributed by atoms with Gasteiger partial charge in [-0.2, -0.15) is 0 Å². The van der Waals surface area contributed by atoms with Crippen LogP contribution in [0.3, 0.4) is 0 Å². The van der Waals surface area contributed by atoms with Crippen LogP contribution >= 0.6 is 0 Å². The summed E-state index contributed by atoms with van der Waals surface area (Å²) in [4.78, 5) is 13.2. The molecule has 0 saturated carbocycles. The second-order valence-corrected chi connectivity index (χ2v) is 5.15. The Morgan fingerprint density at radius 3 is 2.67 bits per heavy atom. The van der Waals surface area contributed by atoms with Crippen LogP contribution in [0.2, 0.25) is 0 Å². The van der Waals surface area contributed by atoms with Crippen molar-refractivity contribution in [3.63, 3.8) is 0 Å². The molecule has 0 aliphatic carbocycles. The van der Waals surface area contributed by atoms with E-state index in [1.165, 1.54) is 12.1 Å². The molecule has 1 aliphatic heterocycles. The minimum atomic E-state index is -0.765. The topological polar surface area (TPSA) is 81.0 Å². The molecule has 1 aromatic rings. The van der Waals surface area contributed by atoms with E-state index in [0.717, 1.165) is 12.1 Å². The second kappa shape index (κ2) is 4.49. The maximum atomic E-state index is 11.1. The summed E-state index contributed by atoms with van der Waals surface area (Å²) < 4.78 is 0. The van der Waals surface area contributed by atoms with Gasteiger partial charge in [-0.25, -0.2) is 0 Å². The number of benzene rings is 1. The third kappa shape index (κ3) is 2.41. The third-order valence-electron chi connectivity index (χ3n) is 3.51. The van der Waals surface area contributed by atoms with Crippen molar-refractivity contribution in [2.75, 3.05) is 13.1 Å². The van der Waals surface area contributed by atoms with Gasteiger partial charge in [0.25, 0.3) is 0 Å². The highest BCUT2D eigenvalue weighted by molar-refractivity contribution is 5.74. The second-order valence-electron chi connectivity index (χ2n) is 5.15. The summed E-state index contributed by atoms with van der Waals surface area (Å²) in [6, 6.07) is 4.67. The number of likely N-dealkylation sites (tertiary alicyclic amines) is 1. The first-order valence-corrected chi connectivity index (χ1v) is 5.87. The van der Waals surface area contributed by atoms with Crippen molar-refractivity contribution in [3.05, 3.63) is 23.8 Å². The first kappa shape index (κ1) is 12.7. The molecule has 1 aromatic carbocycles. The number of hydrogen-bond donors (Lipinski definition) is 3. The molecule has 1 fully saturated rings. The van der Waals surface area contributed by atoms with Crippen molar-refractivity contribution in [2.24, 2.45) is 5.41 Å². The molecule has 1 unspecified atom stereocenters. The fraction of sp³-hybridized carbons (Fsp3) is 0.462. The minimum Gasteiger partial charge on any atom is -0.504 e. The van der Waals surface area contributed by atoms with E-state index in [-0.39, 0.29) is 11.5 Å². The molecule has 5 nitrogen and oxygen atoms in total. The Kier molecular flexibility index (Phi) is 3.17. The number of carboxylic acid groups (broad SMARTS) is 1. The highest BCUT2D eigenvalue weighted by Gasteiger charge is 2.40. The maximum absolute atomic E-state index is 11.1. The van der Waals surface area contributed by atoms with Crippen LogP contribution in [0.4, 0.5) is 0 Å². The van der Waals surface area contributed by atoms with Gasteiger partial charge in [-0.15, -0.1) is 0 Å². The van der Waals surface area contributed by atoms with Crippen molar-refractivity contribution >= 4 is 5.97 Å². The maximum Gasteiger partial charge on any atom is 0.310 e. The van der Waals surface area contributed by atoms with E-state index >= 15 is 0 Å². The summed E-state index contributed by atoms with van der Waals surface area (Å²) in [5.41, 5.74) is 0.179. The Hall–Kier alpha value is -1.75. The Morgan fingerprint density at radius 2 is 2.11 bits per heavy atom. The van der Waals surface area contributed by atoms with E-state index in [9.17, 15) is 15.0 Å². The Bertz CT molecular complexity index is 474. The van der Waals surface area contributed by atoms with Crippen LogP contribution in [0.25, 0.3) is 0 Å². The first-order valence-electron chi connectivity index (χ1n) is 5.87. The molecule has 1 atom stereocenters. The predicted octanol–water partition coefficient (Wildman–Crippen LogP) is 1.39. The summed E-state index contributed by atoms with van der Waals surface area (Å²) in [6.45, 7) is 3.56. The van der Waals surface area contributed by atoms with Crippen LogP contribution < -0.4 is 0 Å². The van der Waals surface area contributed by atoms with Crippen LogP contribution in [0.1, 0.15) is 18.9 Å². The van der Waals surface area contributed by atoms with Crippen LogP contribution in [-0.4, -0.2) is 39.3 Å². The van der Waals surface area contributed by atoms with Gasteiger partial charge < -0.3 is 15.3 Å². The molecule has 3 N–H and O–H groups in total. The standard InChI is InChI=1S/C13H17NO4/c1-13(12(17)18)4-5-14(8-13)7-9-2-3-10(15)11(16)6-9/h2-3,6,15-16H,4-5,7-8H2,1H3,(H,17,18). The van der Waals surface area contributed by atoms with Gasteiger partial charge in [0.2, 0.25) is 0 Å². The van der Waals surface area contributed by atoms with Gasteiger partial charge in [-0.3, -0.25) is 9.69 Å². The fourth-order valence-electron chi connectivity index (χ4n) is 2.29. The number of aromatic hydroxyl groups is 2. The van der Waals surface area contributed by atoms with Gasteiger partial charge in [0.15, 0.2) is 11.5 Å². The average molecular weight is 251 g/mol. The third-order valence-corrected chi connectivity index (χ3v) is 3.51. The number of phenolic OH excluding ortho intramolecular Hbond substituents is 2. The Morgan fingerprint density at radius 1 is 1.39 bits per heavy atom. The van der Waals surface area contributed by atoms with E-state index in [0.29, 0.717) is 19.5 Å². The number of hydrogen-bond acceptors (Lipinski definition) is 4. The average Bonchev–Trinajstić information content (AvgIpc) is 2.67. The van der Waals surface area contributed by atoms with Crippen molar-refractivity contribution in [1.29, 1.82) is 0 Å². The molecule has 0 aromatic heterocycles. The van der Waals surface area contributed by atoms with Crippen LogP contribution in [0, 0.1) is 5.41 Å². The van der Waals surface area contributed by atoms with Crippen molar-refractivity contribution in [1.82, 2.24) is 4.90 Å². The highest BCUT2D eigenvalue weighted by atomic mass is 16.4. The molecule has 18 heavy (non-hydrogen) atoms. The van der Waals surface area contributed by atoms with Crippen molar-refractivity contribution in [2.45, 2.75) is 19.9 Å². The monoisotopic (exact) mass is 251 g/mol. The molecule has 0 spiro atoms. The smallest absolute Gasteiger partial charge is 0.310 e. The van der Waals surface area contributed by atoms with E-state index < -0.39 is 11.4 Å². The van der Waals surface area contributed by atoms with Gasteiger partial charge in [0, 0.05) is 13.1 Å². The lowest BCUT2D eigenvalue weighted by Gasteiger charge is -2.20. The van der Waals surface area contributed by atoms with Crippen LogP contribution in [0.15, 0.2) is 18.2 Å². The summed E-state index contributed by atoms with van der Waals surface area (Å²) in [5.74, 6) is -1.05. The molecule has 2 rings (SSSR count). The van der Waals surface area contributed by atoms with Gasteiger partial charge in [-0.05, 0) is 37.6 Å². The summed E-state index contributed by atoms with van der Waals surface area (Å²) >= 11 is 0. The summed E-state index contributed by atoms with van der Waals surface area (Å²) in [7, 11) is 0. The lowest BCUT2D eigenvalue weighted by atomic mass is 9.90. The molecule has 0 radical (unpaired) electrons. The quantitative estimate of drug-likeness (QED) is 0.707. The van der Waals surface area contributed by atoms with Gasteiger partial charge in [-0.1, -0.05) is 6.07 Å². The molecule has 1 heterocycles. The lowest BCUT2D eigenvalue weighted by Crippen LogP contribution is -2.31. The van der Waals surface area contributed by atoms with E-state index in [1.807, 2.05) is 4.90 Å². The highest BCUT2D eigenvalue weighted by Crippen LogP contribution is 2.32. The van der Waals surface area contributed by atoms with Crippen LogP contribution in [-0.2, 0) is 11.3 Å². The van der Waals surface area contributed by atoms with Gasteiger partial charge in [0.1, 0.15) is 0 Å². The first-order chi connectivity index (χ1) is 8.40. The molecular formula is C13H17NO4. The van der Waals surface area contributed by atoms with E-state index in [1.54, 1.807) is 13.0 Å². The number of nitrogens with zero attached hydrogens (tertiary/aromatic N) is 1. The summed E-state index contributed by atoms with van der Waals surface area (Å²) in [6.07, 6.45) is 0.631. The van der Waals surface area contributed by atoms with Crippen molar-refractivity contribution < 1.29 is 20.1 Å². The van der Waals surface area contributed by atoms with Crippen molar-refractivity contribution in [3.8, 4) is 11.5 Å². The number of carbonyl (C=O) groups is 1. The molecule has 5 heteroatoms. The predicted molar refractivity (Wildman–Crippen MR) is 65.4 cm³/mol. The number of rotatable bonds is 3. The lowest BCUT2D eigenvalue weighted by molar-refractivity contribution is -0.147. The zero-order valence-corrected chi connectivity index (χ0v) is 10.3. The largest absolute Gasteiger partial charge is 0.504 e. The zero-order chi connectivity index (χ0) is 13.3. The SMILES string of the molecule is CC1(C(=O)O)CCN(Cc2ccc(O)c(O)c2)C1. The molecular weight excluding hydrogens is 234 g/mol. The zero-order valence-electron chi connectivity index (χ0n) is 10.3. The van der Waals surface area contributed by atoms with Gasteiger partial charge >= 0.3 is 5.97 Å². The number of phenols is 2. The molecule has 1 aliphatic rings. The Balaban J connectivity index is 2.03. The molecule has 1 saturated heterocycles. The van der Waals surface area contributed by atoms with Crippen LogP contribution in [0.5, 0.6) is 11.5 Å². The number of carboxylic acids is 1.